The molecule has 21 heavy (non-hydrogen) atoms. The lowest BCUT2D eigenvalue weighted by atomic mass is 10.3. The molecular formula is C15H14N4O2. The minimum absolute atomic E-state index is 0.285. The Morgan fingerprint density at radius 2 is 2.24 bits per heavy atom. The van der Waals surface area contributed by atoms with Gasteiger partial charge in [-0.2, -0.15) is 0 Å². The highest BCUT2D eigenvalue weighted by molar-refractivity contribution is 6.02. The average molecular weight is 282 g/mol. The second kappa shape index (κ2) is 5.62. The topological polar surface area (TPSA) is 73.0 Å². The summed E-state index contributed by atoms with van der Waals surface area (Å²) in [5.74, 6) is 1.53. The Morgan fingerprint density at radius 1 is 1.33 bits per heavy atom. The predicted molar refractivity (Wildman–Crippen MR) is 77.4 cm³/mol. The first-order chi connectivity index (χ1) is 10.3. The fourth-order valence-corrected chi connectivity index (χ4v) is 1.89. The maximum atomic E-state index is 12.0. The van der Waals surface area contributed by atoms with E-state index in [2.05, 4.69) is 15.3 Å². The molecule has 0 aromatic carbocycles. The van der Waals surface area contributed by atoms with E-state index in [1.807, 2.05) is 6.92 Å². The molecule has 3 aromatic heterocycles. The molecule has 0 saturated carbocycles. The van der Waals surface area contributed by atoms with Gasteiger partial charge in [-0.05, 0) is 24.3 Å². The van der Waals surface area contributed by atoms with Crippen LogP contribution in [0.1, 0.15) is 23.2 Å². The van der Waals surface area contributed by atoms with E-state index in [1.165, 1.54) is 0 Å². The number of carbonyl (C=O) groups excluding carboxylic acids is 1. The number of nitrogens with one attached hydrogen (secondary N) is 1. The largest absolute Gasteiger partial charge is 0.456 e. The highest BCUT2D eigenvalue weighted by Gasteiger charge is 2.11. The molecular weight excluding hydrogens is 268 g/mol. The number of amides is 1. The average Bonchev–Trinajstić information content (AvgIpc) is 3.19. The molecule has 106 valence electrons. The third kappa shape index (κ3) is 2.84. The van der Waals surface area contributed by atoms with E-state index < -0.39 is 0 Å². The van der Waals surface area contributed by atoms with Crippen LogP contribution in [0.2, 0.25) is 0 Å². The number of furan rings is 1. The summed E-state index contributed by atoms with van der Waals surface area (Å²) in [5.41, 5.74) is 0.610. The van der Waals surface area contributed by atoms with E-state index in [4.69, 9.17) is 4.42 Å². The molecule has 3 rings (SSSR count). The number of aromatic nitrogens is 3. The molecule has 0 fully saturated rings. The van der Waals surface area contributed by atoms with Gasteiger partial charge in [-0.1, -0.05) is 6.92 Å². The fourth-order valence-electron chi connectivity index (χ4n) is 1.89. The van der Waals surface area contributed by atoms with Gasteiger partial charge in [0.15, 0.2) is 5.76 Å². The summed E-state index contributed by atoms with van der Waals surface area (Å²) in [6.07, 6.45) is 7.50. The molecule has 1 amide bonds. The van der Waals surface area contributed by atoms with Crippen LogP contribution in [0, 0.1) is 0 Å². The zero-order chi connectivity index (χ0) is 14.7. The Bertz CT molecular complexity index is 729. The van der Waals surface area contributed by atoms with Crippen LogP contribution < -0.4 is 5.32 Å². The molecule has 0 unspecified atom stereocenters. The highest BCUT2D eigenvalue weighted by atomic mass is 16.3. The lowest BCUT2D eigenvalue weighted by Crippen LogP contribution is -2.11. The number of imidazole rings is 1. The molecule has 6 nitrogen and oxygen atoms in total. The molecule has 0 bridgehead atoms. The molecule has 0 atom stereocenters. The van der Waals surface area contributed by atoms with E-state index in [9.17, 15) is 4.79 Å². The summed E-state index contributed by atoms with van der Waals surface area (Å²) < 4.78 is 7.19. The number of pyridine rings is 1. The summed E-state index contributed by atoms with van der Waals surface area (Å²) in [6.45, 7) is 1.97. The zero-order valence-corrected chi connectivity index (χ0v) is 11.5. The van der Waals surface area contributed by atoms with Gasteiger partial charge >= 0.3 is 0 Å². The number of nitrogens with zero attached hydrogens (tertiary/aromatic N) is 3. The first kappa shape index (κ1) is 13.1. The van der Waals surface area contributed by atoms with Crippen molar-refractivity contribution in [3.63, 3.8) is 0 Å². The summed E-state index contributed by atoms with van der Waals surface area (Å²) in [6, 6.07) is 7.05. The van der Waals surface area contributed by atoms with Gasteiger partial charge in [0.25, 0.3) is 5.91 Å². The number of anilines is 1. The number of carbonyl (C=O) groups is 1. The summed E-state index contributed by atoms with van der Waals surface area (Å²) >= 11 is 0. The van der Waals surface area contributed by atoms with Gasteiger partial charge in [0, 0.05) is 18.8 Å². The van der Waals surface area contributed by atoms with Crippen molar-refractivity contribution in [1.82, 2.24) is 14.5 Å². The Kier molecular flexibility index (Phi) is 3.51. The molecule has 0 spiro atoms. The number of hydrogen-bond donors (Lipinski definition) is 1. The van der Waals surface area contributed by atoms with Gasteiger partial charge in [-0.15, -0.1) is 0 Å². The quantitative estimate of drug-likeness (QED) is 0.798. The maximum Gasteiger partial charge on any atom is 0.291 e. The highest BCUT2D eigenvalue weighted by Crippen LogP contribution is 2.13. The van der Waals surface area contributed by atoms with Gasteiger partial charge in [0.05, 0.1) is 11.9 Å². The van der Waals surface area contributed by atoms with Gasteiger partial charge in [0.1, 0.15) is 17.9 Å². The maximum absolute atomic E-state index is 12.0. The van der Waals surface area contributed by atoms with Crippen molar-refractivity contribution >= 4 is 11.6 Å². The molecule has 3 aromatic rings. The molecule has 0 aliphatic heterocycles. The number of hydrogen-bond acceptors (Lipinski definition) is 4. The third-order valence-electron chi connectivity index (χ3n) is 3.01. The van der Waals surface area contributed by atoms with Gasteiger partial charge in [-0.3, -0.25) is 9.36 Å². The lowest BCUT2D eigenvalue weighted by molar-refractivity contribution is 0.0995. The SMILES string of the molecule is CCc1ccc(C(=O)Nc2ccc(-n3ccnc3)nc2)o1. The summed E-state index contributed by atoms with van der Waals surface area (Å²) in [7, 11) is 0. The van der Waals surface area contributed by atoms with Crippen LogP contribution in [0.3, 0.4) is 0 Å². The molecule has 1 N–H and O–H groups in total. The van der Waals surface area contributed by atoms with Crippen LogP contribution in [0.25, 0.3) is 5.82 Å². The zero-order valence-electron chi connectivity index (χ0n) is 11.5. The standard InChI is InChI=1S/C15H14N4O2/c1-2-12-4-5-13(21-12)15(20)18-11-3-6-14(17-9-11)19-8-7-16-10-19/h3-10H,2H2,1H3,(H,18,20). The lowest BCUT2D eigenvalue weighted by Gasteiger charge is -2.05. The molecule has 0 radical (unpaired) electrons. The Balaban J connectivity index is 1.71. The molecule has 0 saturated heterocycles. The smallest absolute Gasteiger partial charge is 0.291 e. The van der Waals surface area contributed by atoms with Crippen LogP contribution in [0.15, 0.2) is 53.6 Å². The van der Waals surface area contributed by atoms with Gasteiger partial charge in [-0.25, -0.2) is 9.97 Å². The Morgan fingerprint density at radius 3 is 2.86 bits per heavy atom. The van der Waals surface area contributed by atoms with Crippen molar-refractivity contribution in [2.45, 2.75) is 13.3 Å². The van der Waals surface area contributed by atoms with E-state index in [1.54, 1.807) is 53.8 Å². The normalized spacial score (nSPS) is 10.5. The van der Waals surface area contributed by atoms with Crippen molar-refractivity contribution in [3.05, 3.63) is 60.7 Å². The summed E-state index contributed by atoms with van der Waals surface area (Å²) in [5, 5.41) is 2.75. The van der Waals surface area contributed by atoms with E-state index in [-0.39, 0.29) is 5.91 Å². The molecule has 3 heterocycles. The Hall–Kier alpha value is -2.89. The van der Waals surface area contributed by atoms with Crippen LogP contribution in [-0.4, -0.2) is 20.4 Å². The molecule has 0 aliphatic rings. The summed E-state index contributed by atoms with van der Waals surface area (Å²) in [4.78, 5) is 20.2. The number of aryl methyl sites for hydroxylation is 1. The minimum Gasteiger partial charge on any atom is -0.456 e. The van der Waals surface area contributed by atoms with E-state index in [0.717, 1.165) is 18.0 Å². The van der Waals surface area contributed by atoms with Crippen molar-refractivity contribution in [2.75, 3.05) is 5.32 Å². The fraction of sp³-hybridized carbons (Fsp3) is 0.133. The second-order valence-corrected chi connectivity index (χ2v) is 4.45. The van der Waals surface area contributed by atoms with Crippen molar-refractivity contribution in [1.29, 1.82) is 0 Å². The molecule has 6 heteroatoms. The van der Waals surface area contributed by atoms with Crippen LogP contribution in [-0.2, 0) is 6.42 Å². The van der Waals surface area contributed by atoms with Crippen LogP contribution in [0.5, 0.6) is 0 Å². The van der Waals surface area contributed by atoms with Crippen molar-refractivity contribution in [3.8, 4) is 5.82 Å². The second-order valence-electron chi connectivity index (χ2n) is 4.45. The van der Waals surface area contributed by atoms with Crippen LogP contribution in [0.4, 0.5) is 5.69 Å². The van der Waals surface area contributed by atoms with E-state index in [0.29, 0.717) is 11.4 Å². The number of rotatable bonds is 4. The van der Waals surface area contributed by atoms with Crippen molar-refractivity contribution < 1.29 is 9.21 Å². The first-order valence-electron chi connectivity index (χ1n) is 6.60. The first-order valence-corrected chi connectivity index (χ1v) is 6.60. The minimum atomic E-state index is -0.285. The predicted octanol–water partition coefficient (Wildman–Crippen LogP) is 2.68. The van der Waals surface area contributed by atoms with Gasteiger partial charge < -0.3 is 9.73 Å². The Labute approximate surface area is 121 Å². The van der Waals surface area contributed by atoms with Gasteiger partial charge in [0.2, 0.25) is 0 Å². The molecule has 0 aliphatic carbocycles. The van der Waals surface area contributed by atoms with Crippen LogP contribution >= 0.6 is 0 Å². The third-order valence-corrected chi connectivity index (χ3v) is 3.01. The monoisotopic (exact) mass is 282 g/mol. The van der Waals surface area contributed by atoms with Crippen molar-refractivity contribution in [2.24, 2.45) is 0 Å². The van der Waals surface area contributed by atoms with E-state index >= 15 is 0 Å².